The van der Waals surface area contributed by atoms with Gasteiger partial charge in [-0.05, 0) is 23.3 Å². The summed E-state index contributed by atoms with van der Waals surface area (Å²) in [6.45, 7) is -0.694. The number of hydrogen-bond donors (Lipinski definition) is 2. The van der Waals surface area contributed by atoms with Crippen molar-refractivity contribution < 1.29 is 23.7 Å². The zero-order chi connectivity index (χ0) is 23.6. The van der Waals surface area contributed by atoms with E-state index in [9.17, 15) is 28.9 Å². The number of nitro groups is 1. The van der Waals surface area contributed by atoms with Crippen LogP contribution in [0, 0.1) is 15.9 Å². The summed E-state index contributed by atoms with van der Waals surface area (Å²) >= 11 is 0. The van der Waals surface area contributed by atoms with Gasteiger partial charge in [-0.25, -0.2) is 9.18 Å². The molecule has 33 heavy (non-hydrogen) atoms. The highest BCUT2D eigenvalue weighted by atomic mass is 19.1. The number of nitrogens with zero attached hydrogens (tertiary/aromatic N) is 2. The van der Waals surface area contributed by atoms with Crippen LogP contribution in [-0.2, 0) is 15.1 Å². The average molecular weight is 448 g/mol. The van der Waals surface area contributed by atoms with Crippen molar-refractivity contribution in [1.82, 2.24) is 10.2 Å². The van der Waals surface area contributed by atoms with Gasteiger partial charge in [-0.15, -0.1) is 0 Å². The molecular weight excluding hydrogens is 431 g/mol. The molecule has 1 aliphatic heterocycles. The van der Waals surface area contributed by atoms with Crippen LogP contribution in [0.4, 0.5) is 20.6 Å². The van der Waals surface area contributed by atoms with Crippen molar-refractivity contribution in [2.45, 2.75) is 5.54 Å². The molecule has 2 N–H and O–H groups in total. The summed E-state index contributed by atoms with van der Waals surface area (Å²) in [7, 11) is 0. The Hall–Kier alpha value is -4.60. The minimum absolute atomic E-state index is 0.254. The fourth-order valence-corrected chi connectivity index (χ4v) is 3.75. The van der Waals surface area contributed by atoms with Crippen LogP contribution in [0.1, 0.15) is 11.1 Å². The SMILES string of the molecule is O=C(CN1C(=O)NC(c2ccccc2)(c2ccccc2)C1=O)Nc1ccc(F)cc1[N+](=O)[O-]. The van der Waals surface area contributed by atoms with Crippen LogP contribution >= 0.6 is 0 Å². The molecule has 0 unspecified atom stereocenters. The van der Waals surface area contributed by atoms with Crippen molar-refractivity contribution in [3.05, 3.63) is 106 Å². The Bertz CT molecular complexity index is 1210. The first-order valence-electron chi connectivity index (χ1n) is 9.82. The lowest BCUT2D eigenvalue weighted by atomic mass is 9.82. The van der Waals surface area contributed by atoms with Crippen LogP contribution in [-0.4, -0.2) is 34.2 Å². The summed E-state index contributed by atoms with van der Waals surface area (Å²) in [6, 6.07) is 19.1. The molecule has 1 aliphatic rings. The summed E-state index contributed by atoms with van der Waals surface area (Å²) in [6.07, 6.45) is 0. The third-order valence-corrected chi connectivity index (χ3v) is 5.25. The number of urea groups is 1. The predicted octanol–water partition coefficient (Wildman–Crippen LogP) is 3.17. The first kappa shape index (κ1) is 21.6. The second-order valence-corrected chi connectivity index (χ2v) is 7.27. The second kappa shape index (κ2) is 8.50. The maximum absolute atomic E-state index is 13.6. The zero-order valence-corrected chi connectivity index (χ0v) is 17.0. The van der Waals surface area contributed by atoms with E-state index in [4.69, 9.17) is 0 Å². The van der Waals surface area contributed by atoms with Gasteiger partial charge in [0.05, 0.1) is 11.0 Å². The van der Waals surface area contributed by atoms with E-state index in [2.05, 4.69) is 10.6 Å². The maximum atomic E-state index is 13.6. The molecule has 0 atom stereocenters. The molecule has 4 rings (SSSR count). The minimum Gasteiger partial charge on any atom is -0.319 e. The van der Waals surface area contributed by atoms with Crippen LogP contribution in [0.5, 0.6) is 0 Å². The summed E-state index contributed by atoms with van der Waals surface area (Å²) in [5, 5.41) is 16.1. The first-order valence-corrected chi connectivity index (χ1v) is 9.82. The number of nitrogens with one attached hydrogen (secondary N) is 2. The number of carbonyl (C=O) groups excluding carboxylic acids is 3. The Kier molecular flexibility index (Phi) is 5.57. The quantitative estimate of drug-likeness (QED) is 0.341. The molecule has 10 heteroatoms. The third kappa shape index (κ3) is 3.89. The molecule has 3 aromatic rings. The summed E-state index contributed by atoms with van der Waals surface area (Å²) < 4.78 is 13.4. The molecule has 166 valence electrons. The van der Waals surface area contributed by atoms with E-state index in [1.54, 1.807) is 60.7 Å². The van der Waals surface area contributed by atoms with E-state index in [1.165, 1.54) is 0 Å². The molecule has 0 aliphatic carbocycles. The third-order valence-electron chi connectivity index (χ3n) is 5.25. The molecule has 1 fully saturated rings. The highest BCUT2D eigenvalue weighted by Gasteiger charge is 2.54. The van der Waals surface area contributed by atoms with Crippen molar-refractivity contribution >= 4 is 29.2 Å². The number of benzene rings is 3. The van der Waals surface area contributed by atoms with Crippen LogP contribution < -0.4 is 10.6 Å². The van der Waals surface area contributed by atoms with Crippen LogP contribution in [0.2, 0.25) is 0 Å². The Balaban J connectivity index is 1.64. The normalized spacial score (nSPS) is 14.6. The number of anilines is 1. The predicted molar refractivity (Wildman–Crippen MR) is 116 cm³/mol. The lowest BCUT2D eigenvalue weighted by molar-refractivity contribution is -0.384. The van der Waals surface area contributed by atoms with Gasteiger partial charge < -0.3 is 10.6 Å². The molecule has 9 nitrogen and oxygen atoms in total. The Morgan fingerprint density at radius 1 is 1.00 bits per heavy atom. The van der Waals surface area contributed by atoms with Gasteiger partial charge in [0.25, 0.3) is 11.6 Å². The van der Waals surface area contributed by atoms with Crippen LogP contribution in [0.15, 0.2) is 78.9 Å². The number of hydrogen-bond acceptors (Lipinski definition) is 5. The standard InChI is InChI=1S/C23H17FN4O5/c24-17-11-12-18(19(13-17)28(32)33)25-20(29)14-27-21(30)23(26-22(27)31,15-7-3-1-4-8-15)16-9-5-2-6-10-16/h1-13H,14H2,(H,25,29)(H,26,31). The van der Waals surface area contributed by atoms with Crippen molar-refractivity contribution in [3.63, 3.8) is 0 Å². The van der Waals surface area contributed by atoms with E-state index < -0.39 is 46.4 Å². The lowest BCUT2D eigenvalue weighted by Crippen LogP contribution is -2.45. The van der Waals surface area contributed by atoms with Gasteiger partial charge in [0.2, 0.25) is 5.91 Å². The number of imide groups is 1. The van der Waals surface area contributed by atoms with E-state index in [0.717, 1.165) is 17.0 Å². The summed E-state index contributed by atoms with van der Waals surface area (Å²) in [5.41, 5.74) is -1.43. The maximum Gasteiger partial charge on any atom is 0.326 e. The molecule has 0 radical (unpaired) electrons. The fraction of sp³-hybridized carbons (Fsp3) is 0.0870. The van der Waals surface area contributed by atoms with E-state index >= 15 is 0 Å². The second-order valence-electron chi connectivity index (χ2n) is 7.27. The lowest BCUT2D eigenvalue weighted by Gasteiger charge is -2.27. The molecule has 0 aromatic heterocycles. The highest BCUT2D eigenvalue weighted by molar-refractivity contribution is 6.12. The Morgan fingerprint density at radius 2 is 1.58 bits per heavy atom. The Morgan fingerprint density at radius 3 is 2.12 bits per heavy atom. The first-order chi connectivity index (χ1) is 15.8. The van der Waals surface area contributed by atoms with Crippen molar-refractivity contribution in [2.75, 3.05) is 11.9 Å². The van der Waals surface area contributed by atoms with E-state index in [0.29, 0.717) is 17.2 Å². The number of halogens is 1. The van der Waals surface area contributed by atoms with E-state index in [1.807, 2.05) is 0 Å². The zero-order valence-electron chi connectivity index (χ0n) is 17.0. The van der Waals surface area contributed by atoms with Gasteiger partial charge in [-0.3, -0.25) is 24.6 Å². The van der Waals surface area contributed by atoms with Crippen LogP contribution in [0.25, 0.3) is 0 Å². The van der Waals surface area contributed by atoms with Gasteiger partial charge in [-0.1, -0.05) is 60.7 Å². The topological polar surface area (TPSA) is 122 Å². The highest BCUT2D eigenvalue weighted by Crippen LogP contribution is 2.36. The van der Waals surface area contributed by atoms with Gasteiger partial charge in [-0.2, -0.15) is 0 Å². The van der Waals surface area contributed by atoms with Gasteiger partial charge in [0, 0.05) is 0 Å². The smallest absolute Gasteiger partial charge is 0.319 e. The summed E-state index contributed by atoms with van der Waals surface area (Å²) in [5.74, 6) is -2.37. The van der Waals surface area contributed by atoms with Crippen molar-refractivity contribution in [1.29, 1.82) is 0 Å². The van der Waals surface area contributed by atoms with E-state index in [-0.39, 0.29) is 5.69 Å². The number of carbonyl (C=O) groups is 3. The van der Waals surface area contributed by atoms with Gasteiger partial charge in [0.1, 0.15) is 18.0 Å². The number of rotatable bonds is 6. The molecule has 4 amide bonds. The summed E-state index contributed by atoms with van der Waals surface area (Å²) in [4.78, 5) is 50.0. The largest absolute Gasteiger partial charge is 0.326 e. The monoisotopic (exact) mass is 448 g/mol. The number of nitro benzene ring substituents is 1. The molecule has 0 saturated carbocycles. The minimum atomic E-state index is -1.54. The van der Waals surface area contributed by atoms with Crippen LogP contribution in [0.3, 0.4) is 0 Å². The molecule has 3 aromatic carbocycles. The fourth-order valence-electron chi connectivity index (χ4n) is 3.75. The molecule has 1 heterocycles. The molecule has 1 saturated heterocycles. The van der Waals surface area contributed by atoms with Crippen molar-refractivity contribution in [3.8, 4) is 0 Å². The van der Waals surface area contributed by atoms with Gasteiger partial charge in [0.15, 0.2) is 5.54 Å². The average Bonchev–Trinajstić information content (AvgIpc) is 3.07. The number of amides is 4. The Labute approximate surface area is 187 Å². The molecule has 0 spiro atoms. The van der Waals surface area contributed by atoms with Crippen molar-refractivity contribution in [2.24, 2.45) is 0 Å². The molecule has 0 bridgehead atoms. The molecular formula is C23H17FN4O5. The van der Waals surface area contributed by atoms with Gasteiger partial charge >= 0.3 is 6.03 Å².